The summed E-state index contributed by atoms with van der Waals surface area (Å²) in [5.74, 6) is -0.181. The number of benzene rings is 2. The molecule has 3 aromatic rings. The molecule has 1 saturated heterocycles. The highest BCUT2D eigenvalue weighted by molar-refractivity contribution is 7.89. The van der Waals surface area contributed by atoms with Gasteiger partial charge in [0.1, 0.15) is 0 Å². The van der Waals surface area contributed by atoms with E-state index in [4.69, 9.17) is 9.72 Å². The SMILES string of the molecule is CCCCN(C)S(=O)(=O)c1ccc(C(=O)N(CCCN2CCOCC2)c2nc3ccccc3s2)cc1.Cl. The Morgan fingerprint density at radius 1 is 1.05 bits per heavy atom. The van der Waals surface area contributed by atoms with Crippen LogP contribution in [0.25, 0.3) is 10.2 Å². The Bertz CT molecular complexity index is 1230. The first-order chi connectivity index (χ1) is 17.4. The van der Waals surface area contributed by atoms with E-state index in [2.05, 4.69) is 4.90 Å². The standard InChI is InChI=1S/C26H34N4O4S2.ClH/c1-3-4-14-28(2)36(32,33)22-12-10-21(11-13-22)25(31)30(16-7-15-29-17-19-34-20-18-29)26-27-23-8-5-6-9-24(23)35-26;/h5-6,8-13H,3-4,7,14-20H2,1-2H3;1H. The largest absolute Gasteiger partial charge is 0.379 e. The molecule has 37 heavy (non-hydrogen) atoms. The van der Waals surface area contributed by atoms with Gasteiger partial charge in [0.25, 0.3) is 5.91 Å². The minimum atomic E-state index is -3.59. The number of sulfonamides is 1. The Balaban J connectivity index is 0.00000380. The number of morpholine rings is 1. The zero-order valence-corrected chi connectivity index (χ0v) is 23.8. The molecule has 0 spiro atoms. The number of nitrogens with zero attached hydrogens (tertiary/aromatic N) is 4. The molecule has 1 amide bonds. The van der Waals surface area contributed by atoms with Gasteiger partial charge in [0.15, 0.2) is 5.13 Å². The molecule has 0 unspecified atom stereocenters. The first-order valence-corrected chi connectivity index (χ1v) is 14.7. The van der Waals surface area contributed by atoms with Gasteiger partial charge in [-0.1, -0.05) is 36.8 Å². The zero-order chi connectivity index (χ0) is 25.5. The van der Waals surface area contributed by atoms with E-state index >= 15 is 0 Å². The van der Waals surface area contributed by atoms with E-state index in [-0.39, 0.29) is 23.2 Å². The van der Waals surface area contributed by atoms with Crippen LogP contribution >= 0.6 is 23.7 Å². The lowest BCUT2D eigenvalue weighted by Crippen LogP contribution is -2.39. The highest BCUT2D eigenvalue weighted by Crippen LogP contribution is 2.30. The summed E-state index contributed by atoms with van der Waals surface area (Å²) in [5, 5.41) is 0.652. The van der Waals surface area contributed by atoms with Gasteiger partial charge in [-0.3, -0.25) is 14.6 Å². The molecule has 0 aliphatic carbocycles. The molecule has 4 rings (SSSR count). The topological polar surface area (TPSA) is 83.1 Å². The van der Waals surface area contributed by atoms with Crippen molar-refractivity contribution in [2.45, 2.75) is 31.1 Å². The van der Waals surface area contributed by atoms with Crippen molar-refractivity contribution in [2.24, 2.45) is 0 Å². The minimum absolute atomic E-state index is 0. The number of rotatable bonds is 11. The predicted molar refractivity (Wildman–Crippen MR) is 152 cm³/mol. The Morgan fingerprint density at radius 2 is 1.76 bits per heavy atom. The lowest BCUT2D eigenvalue weighted by Gasteiger charge is -2.27. The van der Waals surface area contributed by atoms with Crippen LogP contribution in [0.15, 0.2) is 53.4 Å². The van der Waals surface area contributed by atoms with Crippen LogP contribution in [-0.4, -0.2) is 81.5 Å². The van der Waals surface area contributed by atoms with Crippen LogP contribution in [0.3, 0.4) is 0 Å². The number of carbonyl (C=O) groups excluding carboxylic acids is 1. The van der Waals surface area contributed by atoms with E-state index in [0.717, 1.165) is 62.3 Å². The molecular formula is C26H35ClN4O4S2. The van der Waals surface area contributed by atoms with E-state index in [0.29, 0.717) is 23.8 Å². The molecule has 1 fully saturated rings. The lowest BCUT2D eigenvalue weighted by molar-refractivity contribution is 0.0376. The number of halogens is 1. The van der Waals surface area contributed by atoms with Crippen LogP contribution in [0, 0.1) is 0 Å². The van der Waals surface area contributed by atoms with E-state index in [1.54, 1.807) is 24.1 Å². The summed E-state index contributed by atoms with van der Waals surface area (Å²) < 4.78 is 33.6. The van der Waals surface area contributed by atoms with Crippen LogP contribution in [0.4, 0.5) is 5.13 Å². The number of hydrogen-bond acceptors (Lipinski definition) is 7. The molecule has 0 N–H and O–H groups in total. The summed E-state index contributed by atoms with van der Waals surface area (Å²) in [5.41, 5.74) is 1.30. The van der Waals surface area contributed by atoms with Crippen molar-refractivity contribution in [2.75, 3.05) is 57.9 Å². The van der Waals surface area contributed by atoms with Crippen LogP contribution in [0.5, 0.6) is 0 Å². The van der Waals surface area contributed by atoms with Crippen molar-refractivity contribution < 1.29 is 17.9 Å². The Morgan fingerprint density at radius 3 is 2.43 bits per heavy atom. The molecule has 1 aliphatic rings. The number of aromatic nitrogens is 1. The lowest BCUT2D eigenvalue weighted by atomic mass is 10.2. The third-order valence-corrected chi connectivity index (χ3v) is 9.28. The van der Waals surface area contributed by atoms with E-state index in [9.17, 15) is 13.2 Å². The van der Waals surface area contributed by atoms with Crippen molar-refractivity contribution in [1.82, 2.24) is 14.2 Å². The number of carbonyl (C=O) groups is 1. The van der Waals surface area contributed by atoms with E-state index in [1.165, 1.54) is 27.8 Å². The number of unbranched alkanes of at least 4 members (excludes halogenated alkanes) is 1. The highest BCUT2D eigenvalue weighted by Gasteiger charge is 2.24. The molecule has 202 valence electrons. The van der Waals surface area contributed by atoms with E-state index < -0.39 is 10.0 Å². The summed E-state index contributed by atoms with van der Waals surface area (Å²) >= 11 is 1.49. The second-order valence-corrected chi connectivity index (χ2v) is 12.0. The van der Waals surface area contributed by atoms with Gasteiger partial charge in [0, 0.05) is 45.3 Å². The number of ether oxygens (including phenoxy) is 1. The number of hydrogen-bond donors (Lipinski definition) is 0. The number of thiazole rings is 1. The highest BCUT2D eigenvalue weighted by atomic mass is 35.5. The molecule has 0 saturated carbocycles. The van der Waals surface area contributed by atoms with Gasteiger partial charge in [0.2, 0.25) is 10.0 Å². The summed E-state index contributed by atoms with van der Waals surface area (Å²) in [7, 11) is -2.00. The number of fused-ring (bicyclic) bond motifs is 1. The van der Waals surface area contributed by atoms with Crippen LogP contribution in [0.1, 0.15) is 36.5 Å². The first kappa shape index (κ1) is 29.5. The quantitative estimate of drug-likeness (QED) is 0.340. The maximum absolute atomic E-state index is 13.6. The monoisotopic (exact) mass is 566 g/mol. The van der Waals surface area contributed by atoms with E-state index in [1.807, 2.05) is 31.2 Å². The Kier molecular flexibility index (Phi) is 10.9. The Labute approximate surface area is 229 Å². The number of anilines is 1. The van der Waals surface area contributed by atoms with Gasteiger partial charge in [-0.2, -0.15) is 0 Å². The zero-order valence-electron chi connectivity index (χ0n) is 21.3. The summed E-state index contributed by atoms with van der Waals surface area (Å²) in [6.45, 7) is 7.17. The molecule has 2 heterocycles. The molecule has 8 nitrogen and oxygen atoms in total. The average Bonchev–Trinajstić information content (AvgIpc) is 3.34. The summed E-state index contributed by atoms with van der Waals surface area (Å²) in [6.07, 6.45) is 2.52. The van der Waals surface area contributed by atoms with Gasteiger partial charge in [-0.25, -0.2) is 17.7 Å². The summed E-state index contributed by atoms with van der Waals surface area (Å²) in [4.78, 5) is 22.6. The van der Waals surface area contributed by atoms with Crippen LogP contribution < -0.4 is 4.90 Å². The van der Waals surface area contributed by atoms with Crippen molar-refractivity contribution in [3.05, 3.63) is 54.1 Å². The molecule has 1 aromatic heterocycles. The van der Waals surface area contributed by atoms with Gasteiger partial charge < -0.3 is 4.74 Å². The van der Waals surface area contributed by atoms with Gasteiger partial charge >= 0.3 is 0 Å². The van der Waals surface area contributed by atoms with Crippen molar-refractivity contribution in [1.29, 1.82) is 0 Å². The van der Waals surface area contributed by atoms with Crippen molar-refractivity contribution >= 4 is 55.0 Å². The Hall–Kier alpha value is -2.08. The molecular weight excluding hydrogens is 532 g/mol. The first-order valence-electron chi connectivity index (χ1n) is 12.4. The van der Waals surface area contributed by atoms with Crippen molar-refractivity contribution in [3.8, 4) is 0 Å². The fraction of sp³-hybridized carbons (Fsp3) is 0.462. The molecule has 2 aromatic carbocycles. The predicted octanol–water partition coefficient (Wildman–Crippen LogP) is 4.51. The number of para-hydroxylation sites is 1. The molecule has 0 bridgehead atoms. The third-order valence-electron chi connectivity index (χ3n) is 6.35. The molecule has 0 atom stereocenters. The van der Waals surface area contributed by atoms with Gasteiger partial charge in [-0.05, 0) is 49.2 Å². The number of amides is 1. The average molecular weight is 567 g/mol. The maximum atomic E-state index is 13.6. The van der Waals surface area contributed by atoms with Crippen LogP contribution in [-0.2, 0) is 14.8 Å². The smallest absolute Gasteiger partial charge is 0.260 e. The maximum Gasteiger partial charge on any atom is 0.260 e. The summed E-state index contributed by atoms with van der Waals surface area (Å²) in [6, 6.07) is 14.1. The van der Waals surface area contributed by atoms with Crippen LogP contribution in [0.2, 0.25) is 0 Å². The fourth-order valence-corrected chi connectivity index (χ4v) is 6.34. The minimum Gasteiger partial charge on any atom is -0.379 e. The van der Waals surface area contributed by atoms with Gasteiger partial charge in [-0.15, -0.1) is 12.4 Å². The van der Waals surface area contributed by atoms with Gasteiger partial charge in [0.05, 0.1) is 28.3 Å². The third kappa shape index (κ3) is 7.28. The normalized spacial score (nSPS) is 14.6. The molecule has 11 heteroatoms. The molecule has 0 radical (unpaired) electrons. The fourth-order valence-electron chi connectivity index (χ4n) is 4.14. The van der Waals surface area contributed by atoms with Crippen molar-refractivity contribution in [3.63, 3.8) is 0 Å². The second-order valence-electron chi connectivity index (χ2n) is 8.93. The second kappa shape index (κ2) is 13.6. The molecule has 1 aliphatic heterocycles.